The summed E-state index contributed by atoms with van der Waals surface area (Å²) in [6.45, 7) is 4.06. The molecule has 0 aliphatic heterocycles. The van der Waals surface area contributed by atoms with Gasteiger partial charge in [0, 0.05) is 0 Å². The Hall–Kier alpha value is -3.52. The average Bonchev–Trinajstić information content (AvgIpc) is 2.82. The molecule has 0 atom stereocenters. The number of carbonyl (C=O) groups excluding carboxylic acids is 1. The maximum absolute atomic E-state index is 13.4. The van der Waals surface area contributed by atoms with Crippen LogP contribution in [0.25, 0.3) is 0 Å². The maximum atomic E-state index is 13.4. The fraction of sp³-hybridized carbons (Fsp3) is 0.240. The lowest BCUT2D eigenvalue weighted by atomic mass is 10.1. The van der Waals surface area contributed by atoms with E-state index in [9.17, 15) is 13.2 Å². The molecule has 0 aromatic heterocycles. The van der Waals surface area contributed by atoms with Gasteiger partial charge in [-0.25, -0.2) is 8.42 Å². The highest BCUT2D eigenvalue weighted by atomic mass is 32.2. The van der Waals surface area contributed by atoms with Gasteiger partial charge < -0.3 is 14.8 Å². The van der Waals surface area contributed by atoms with Crippen LogP contribution >= 0.6 is 0 Å². The zero-order chi connectivity index (χ0) is 23.8. The number of anilines is 1. The van der Waals surface area contributed by atoms with Crippen LogP contribution in [0, 0.1) is 13.8 Å². The van der Waals surface area contributed by atoms with E-state index in [0.29, 0.717) is 5.75 Å². The highest BCUT2D eigenvalue weighted by Crippen LogP contribution is 2.32. The van der Waals surface area contributed by atoms with Gasteiger partial charge >= 0.3 is 0 Å². The lowest BCUT2D eigenvalue weighted by Gasteiger charge is -2.25. The predicted octanol–water partition coefficient (Wildman–Crippen LogP) is 3.70. The number of rotatable bonds is 10. The van der Waals surface area contributed by atoms with E-state index in [1.165, 1.54) is 19.2 Å². The number of para-hydroxylation sites is 2. The lowest BCUT2D eigenvalue weighted by Crippen LogP contribution is -2.42. The van der Waals surface area contributed by atoms with E-state index in [2.05, 4.69) is 5.32 Å². The van der Waals surface area contributed by atoms with E-state index < -0.39 is 22.5 Å². The molecule has 8 heteroatoms. The quantitative estimate of drug-likeness (QED) is 0.459. The Morgan fingerprint density at radius 1 is 0.939 bits per heavy atom. The van der Waals surface area contributed by atoms with Gasteiger partial charge in [0.25, 0.3) is 10.0 Å². The van der Waals surface area contributed by atoms with Gasteiger partial charge in [-0.05, 0) is 49.7 Å². The first kappa shape index (κ1) is 24.1. The molecule has 0 radical (unpaired) electrons. The van der Waals surface area contributed by atoms with Crippen LogP contribution in [0.1, 0.15) is 11.1 Å². The van der Waals surface area contributed by atoms with Gasteiger partial charge in [0.15, 0.2) is 0 Å². The molecule has 0 saturated carbocycles. The topological polar surface area (TPSA) is 84.9 Å². The molecule has 174 valence electrons. The molecule has 3 rings (SSSR count). The zero-order valence-corrected chi connectivity index (χ0v) is 19.8. The second-order valence-electron chi connectivity index (χ2n) is 7.46. The molecule has 3 aromatic rings. The van der Waals surface area contributed by atoms with Crippen molar-refractivity contribution in [3.63, 3.8) is 0 Å². The van der Waals surface area contributed by atoms with E-state index in [1.807, 2.05) is 32.0 Å². The first-order valence-electron chi connectivity index (χ1n) is 10.5. The van der Waals surface area contributed by atoms with Gasteiger partial charge in [0.1, 0.15) is 24.7 Å². The van der Waals surface area contributed by atoms with Crippen molar-refractivity contribution in [2.75, 3.05) is 31.1 Å². The summed E-state index contributed by atoms with van der Waals surface area (Å²) in [5, 5.41) is 2.73. The van der Waals surface area contributed by atoms with Crippen LogP contribution in [-0.2, 0) is 14.8 Å². The smallest absolute Gasteiger partial charge is 0.264 e. The highest BCUT2D eigenvalue weighted by molar-refractivity contribution is 7.92. The van der Waals surface area contributed by atoms with Crippen molar-refractivity contribution < 1.29 is 22.7 Å². The summed E-state index contributed by atoms with van der Waals surface area (Å²) >= 11 is 0. The average molecular weight is 469 g/mol. The van der Waals surface area contributed by atoms with Crippen molar-refractivity contribution in [2.24, 2.45) is 0 Å². The number of aryl methyl sites for hydroxylation is 2. The second kappa shape index (κ2) is 10.9. The molecule has 0 saturated heterocycles. The number of nitrogens with one attached hydrogen (secondary N) is 1. The molecule has 3 aromatic carbocycles. The van der Waals surface area contributed by atoms with E-state index >= 15 is 0 Å². The van der Waals surface area contributed by atoms with E-state index in [-0.39, 0.29) is 23.7 Å². The predicted molar refractivity (Wildman–Crippen MR) is 128 cm³/mol. The van der Waals surface area contributed by atoms with Gasteiger partial charge in [-0.2, -0.15) is 0 Å². The lowest BCUT2D eigenvalue weighted by molar-refractivity contribution is -0.119. The van der Waals surface area contributed by atoms with Crippen molar-refractivity contribution in [1.29, 1.82) is 0 Å². The molecule has 0 unspecified atom stereocenters. The molecular formula is C25H28N2O5S. The summed E-state index contributed by atoms with van der Waals surface area (Å²) in [7, 11) is -2.55. The molecule has 0 spiro atoms. The molecule has 0 aliphatic carbocycles. The van der Waals surface area contributed by atoms with Crippen LogP contribution in [0.4, 0.5) is 5.69 Å². The molecule has 7 nitrogen and oxygen atoms in total. The summed E-state index contributed by atoms with van der Waals surface area (Å²) in [6.07, 6.45) is 0. The third kappa shape index (κ3) is 6.04. The Morgan fingerprint density at radius 2 is 1.64 bits per heavy atom. The molecule has 0 aliphatic rings. The van der Waals surface area contributed by atoms with Gasteiger partial charge in [-0.15, -0.1) is 0 Å². The van der Waals surface area contributed by atoms with E-state index in [4.69, 9.17) is 9.47 Å². The molecule has 0 bridgehead atoms. The van der Waals surface area contributed by atoms with Crippen LogP contribution in [0.3, 0.4) is 0 Å². The zero-order valence-electron chi connectivity index (χ0n) is 18.9. The molecule has 1 N–H and O–H groups in total. The molecule has 33 heavy (non-hydrogen) atoms. The number of methoxy groups -OCH3 is 1. The first-order chi connectivity index (χ1) is 15.8. The van der Waals surface area contributed by atoms with Gasteiger partial charge in [0.2, 0.25) is 5.91 Å². The van der Waals surface area contributed by atoms with Crippen molar-refractivity contribution in [1.82, 2.24) is 5.32 Å². The highest BCUT2D eigenvalue weighted by Gasteiger charge is 2.29. The normalized spacial score (nSPS) is 11.0. The molecular weight excluding hydrogens is 440 g/mol. The SMILES string of the molecule is COc1ccccc1N(CC(=O)NCCOc1ccc(C)cc1C)S(=O)(=O)c1ccccc1. The summed E-state index contributed by atoms with van der Waals surface area (Å²) in [5.41, 5.74) is 2.44. The number of hydrogen-bond donors (Lipinski definition) is 1. The number of carbonyl (C=O) groups is 1. The largest absolute Gasteiger partial charge is 0.495 e. The molecule has 0 heterocycles. The number of hydrogen-bond acceptors (Lipinski definition) is 5. The van der Waals surface area contributed by atoms with Crippen LogP contribution < -0.4 is 19.1 Å². The minimum absolute atomic E-state index is 0.0851. The van der Waals surface area contributed by atoms with Crippen molar-refractivity contribution >= 4 is 21.6 Å². The summed E-state index contributed by atoms with van der Waals surface area (Å²) < 4.78 is 38.9. The van der Waals surface area contributed by atoms with Crippen LogP contribution in [0.2, 0.25) is 0 Å². The summed E-state index contributed by atoms with van der Waals surface area (Å²) in [5.74, 6) is 0.643. The molecule has 0 fully saturated rings. The third-order valence-electron chi connectivity index (χ3n) is 4.98. The van der Waals surface area contributed by atoms with Gasteiger partial charge in [0.05, 0.1) is 24.2 Å². The fourth-order valence-electron chi connectivity index (χ4n) is 3.35. The maximum Gasteiger partial charge on any atom is 0.264 e. The Labute approximate surface area is 195 Å². The third-order valence-corrected chi connectivity index (χ3v) is 6.76. The second-order valence-corrected chi connectivity index (χ2v) is 9.33. The van der Waals surface area contributed by atoms with Gasteiger partial charge in [-0.1, -0.05) is 48.0 Å². The molecule has 1 amide bonds. The number of ether oxygens (including phenoxy) is 2. The van der Waals surface area contributed by atoms with E-state index in [1.54, 1.807) is 42.5 Å². The van der Waals surface area contributed by atoms with Crippen molar-refractivity contribution in [3.05, 3.63) is 83.9 Å². The fourth-order valence-corrected chi connectivity index (χ4v) is 4.81. The minimum atomic E-state index is -4.00. The van der Waals surface area contributed by atoms with Crippen LogP contribution in [-0.4, -0.2) is 41.1 Å². The number of nitrogens with zero attached hydrogens (tertiary/aromatic N) is 1. The standard InChI is InChI=1S/C25H28N2O5S/c1-19-13-14-23(20(2)17-19)32-16-15-26-25(28)18-27(22-11-7-8-12-24(22)31-3)33(29,30)21-9-5-4-6-10-21/h4-14,17H,15-16,18H2,1-3H3,(H,26,28). The Bertz CT molecular complexity index is 1200. The monoisotopic (exact) mass is 468 g/mol. The summed E-state index contributed by atoms with van der Waals surface area (Å²) in [4.78, 5) is 12.8. The Balaban J connectivity index is 1.73. The number of sulfonamides is 1. The van der Waals surface area contributed by atoms with Crippen molar-refractivity contribution in [3.8, 4) is 11.5 Å². The van der Waals surface area contributed by atoms with Crippen LogP contribution in [0.5, 0.6) is 11.5 Å². The number of benzene rings is 3. The van der Waals surface area contributed by atoms with Crippen molar-refractivity contribution in [2.45, 2.75) is 18.7 Å². The van der Waals surface area contributed by atoms with E-state index in [0.717, 1.165) is 21.2 Å². The number of amides is 1. The first-order valence-corrected chi connectivity index (χ1v) is 11.9. The Morgan fingerprint density at radius 3 is 2.33 bits per heavy atom. The minimum Gasteiger partial charge on any atom is -0.495 e. The Kier molecular flexibility index (Phi) is 7.95. The summed E-state index contributed by atoms with van der Waals surface area (Å²) in [6, 6.07) is 20.6. The van der Waals surface area contributed by atoms with Gasteiger partial charge in [-0.3, -0.25) is 9.10 Å². The van der Waals surface area contributed by atoms with Crippen LogP contribution in [0.15, 0.2) is 77.7 Å².